The highest BCUT2D eigenvalue weighted by Gasteiger charge is 2.34. The molecule has 0 radical (unpaired) electrons. The van der Waals surface area contributed by atoms with Crippen LogP contribution in [0.25, 0.3) is 0 Å². The molecule has 2 rings (SSSR count). The van der Waals surface area contributed by atoms with Gasteiger partial charge in [-0.05, 0) is 45.4 Å². The first-order chi connectivity index (χ1) is 11.6. The number of hydrogen-bond donors (Lipinski definition) is 1. The lowest BCUT2D eigenvalue weighted by molar-refractivity contribution is -0.143. The zero-order valence-electron chi connectivity index (χ0n) is 15.0. The Morgan fingerprint density at radius 3 is 2.36 bits per heavy atom. The maximum atomic E-state index is 12.5. The fourth-order valence-corrected chi connectivity index (χ4v) is 2.84. The van der Waals surface area contributed by atoms with E-state index >= 15 is 0 Å². The van der Waals surface area contributed by atoms with Crippen molar-refractivity contribution in [3.8, 4) is 0 Å². The van der Waals surface area contributed by atoms with Crippen molar-refractivity contribution in [1.29, 1.82) is 0 Å². The van der Waals surface area contributed by atoms with Gasteiger partial charge in [-0.2, -0.15) is 0 Å². The summed E-state index contributed by atoms with van der Waals surface area (Å²) in [7, 11) is 0. The minimum absolute atomic E-state index is 0.190. The predicted molar refractivity (Wildman–Crippen MR) is 95.4 cm³/mol. The number of piperazine rings is 1. The molecular weight excluding hydrogens is 344 g/mol. The van der Waals surface area contributed by atoms with Crippen LogP contribution in [0.2, 0.25) is 5.02 Å². The fourth-order valence-electron chi connectivity index (χ4n) is 2.71. The lowest BCUT2D eigenvalue weighted by atomic mass is 10.1. The Morgan fingerprint density at radius 1 is 1.24 bits per heavy atom. The first kappa shape index (κ1) is 19.5. The molecule has 1 aliphatic heterocycles. The van der Waals surface area contributed by atoms with Gasteiger partial charge in [0, 0.05) is 30.7 Å². The van der Waals surface area contributed by atoms with Gasteiger partial charge in [-0.1, -0.05) is 23.7 Å². The quantitative estimate of drug-likeness (QED) is 0.871. The number of amides is 2. The van der Waals surface area contributed by atoms with Gasteiger partial charge < -0.3 is 19.6 Å². The second-order valence-electron chi connectivity index (χ2n) is 7.26. The monoisotopic (exact) mass is 368 g/mol. The lowest BCUT2D eigenvalue weighted by Crippen LogP contribution is -2.56. The summed E-state index contributed by atoms with van der Waals surface area (Å²) in [6.07, 6.45) is -1.62. The van der Waals surface area contributed by atoms with E-state index < -0.39 is 11.7 Å². The van der Waals surface area contributed by atoms with Crippen LogP contribution in [0.1, 0.15) is 39.4 Å². The van der Waals surface area contributed by atoms with Crippen molar-refractivity contribution in [2.75, 3.05) is 19.6 Å². The van der Waals surface area contributed by atoms with E-state index in [0.29, 0.717) is 30.2 Å². The molecule has 1 unspecified atom stereocenters. The van der Waals surface area contributed by atoms with Gasteiger partial charge in [-0.25, -0.2) is 4.79 Å². The number of aliphatic hydroxyl groups is 1. The minimum atomic E-state index is -1.24. The molecule has 1 aliphatic rings. The van der Waals surface area contributed by atoms with Crippen LogP contribution in [-0.4, -0.2) is 58.2 Å². The molecule has 1 saturated heterocycles. The van der Waals surface area contributed by atoms with Gasteiger partial charge in [0.2, 0.25) is 0 Å². The Hall–Kier alpha value is -1.79. The molecule has 0 aromatic heterocycles. The second kappa shape index (κ2) is 7.62. The summed E-state index contributed by atoms with van der Waals surface area (Å²) in [6, 6.07) is 6.34. The first-order valence-corrected chi connectivity index (χ1v) is 8.68. The van der Waals surface area contributed by atoms with E-state index in [9.17, 15) is 14.7 Å². The fraction of sp³-hybridized carbons (Fsp3) is 0.556. The lowest BCUT2D eigenvalue weighted by Gasteiger charge is -2.40. The average Bonchev–Trinajstić information content (AvgIpc) is 2.52. The molecule has 138 valence electrons. The van der Waals surface area contributed by atoms with E-state index in [4.69, 9.17) is 16.3 Å². The van der Waals surface area contributed by atoms with Gasteiger partial charge in [-0.15, -0.1) is 0 Å². The molecule has 0 spiro atoms. The number of benzene rings is 1. The highest BCUT2D eigenvalue weighted by Crippen LogP contribution is 2.21. The number of ether oxygens (including phenoxy) is 1. The average molecular weight is 369 g/mol. The molecule has 1 aromatic rings. The second-order valence-corrected chi connectivity index (χ2v) is 7.70. The van der Waals surface area contributed by atoms with Gasteiger partial charge in [0.05, 0.1) is 0 Å². The van der Waals surface area contributed by atoms with Crippen molar-refractivity contribution in [3.63, 3.8) is 0 Å². The standard InChI is InChI=1S/C18H25ClN2O4/c1-12-11-20(9-10-21(12)17(24)25-18(2,3)4)16(23)15(22)13-5-7-14(19)8-6-13/h5-8,12,15,22H,9-11H2,1-4H3/t12-,15?/m1/s1. The minimum Gasteiger partial charge on any atom is -0.444 e. The first-order valence-electron chi connectivity index (χ1n) is 8.30. The number of carbonyl (C=O) groups is 2. The number of nitrogens with zero attached hydrogens (tertiary/aromatic N) is 2. The zero-order chi connectivity index (χ0) is 18.8. The molecular formula is C18H25ClN2O4. The van der Waals surface area contributed by atoms with Crippen LogP contribution in [0.5, 0.6) is 0 Å². The van der Waals surface area contributed by atoms with Gasteiger partial charge >= 0.3 is 6.09 Å². The number of hydrogen-bond acceptors (Lipinski definition) is 4. The van der Waals surface area contributed by atoms with Crippen LogP contribution in [-0.2, 0) is 9.53 Å². The van der Waals surface area contributed by atoms with Crippen LogP contribution in [0.4, 0.5) is 4.79 Å². The molecule has 0 saturated carbocycles. The maximum Gasteiger partial charge on any atom is 0.410 e. The smallest absolute Gasteiger partial charge is 0.410 e. The van der Waals surface area contributed by atoms with Crippen molar-refractivity contribution in [2.45, 2.75) is 45.4 Å². The molecule has 25 heavy (non-hydrogen) atoms. The summed E-state index contributed by atoms with van der Waals surface area (Å²) in [4.78, 5) is 28.0. The van der Waals surface area contributed by atoms with Gasteiger partial charge in [0.15, 0.2) is 6.10 Å². The van der Waals surface area contributed by atoms with E-state index in [0.717, 1.165) is 0 Å². The van der Waals surface area contributed by atoms with Gasteiger partial charge in [0.25, 0.3) is 5.91 Å². The number of halogens is 1. The molecule has 1 heterocycles. The Kier molecular flexibility index (Phi) is 5.95. The van der Waals surface area contributed by atoms with Crippen molar-refractivity contribution < 1.29 is 19.4 Å². The molecule has 2 atom stereocenters. The highest BCUT2D eigenvalue weighted by atomic mass is 35.5. The maximum absolute atomic E-state index is 12.5. The Bertz CT molecular complexity index is 627. The van der Waals surface area contributed by atoms with Crippen LogP contribution >= 0.6 is 11.6 Å². The summed E-state index contributed by atoms with van der Waals surface area (Å²) in [6.45, 7) is 8.39. The summed E-state index contributed by atoms with van der Waals surface area (Å²) in [5, 5.41) is 10.9. The molecule has 1 fully saturated rings. The Morgan fingerprint density at radius 2 is 1.84 bits per heavy atom. The molecule has 0 bridgehead atoms. The van der Waals surface area contributed by atoms with Gasteiger partial charge in [-0.3, -0.25) is 4.79 Å². The van der Waals surface area contributed by atoms with E-state index in [-0.39, 0.29) is 18.0 Å². The summed E-state index contributed by atoms with van der Waals surface area (Å²) < 4.78 is 5.39. The highest BCUT2D eigenvalue weighted by molar-refractivity contribution is 6.30. The topological polar surface area (TPSA) is 70.1 Å². The van der Waals surface area contributed by atoms with Crippen LogP contribution in [0, 0.1) is 0 Å². The van der Waals surface area contributed by atoms with E-state index in [1.54, 1.807) is 34.1 Å². The number of rotatable bonds is 2. The number of aliphatic hydroxyl groups excluding tert-OH is 1. The third kappa shape index (κ3) is 5.09. The molecule has 7 heteroatoms. The van der Waals surface area contributed by atoms with E-state index in [2.05, 4.69) is 0 Å². The van der Waals surface area contributed by atoms with Crippen molar-refractivity contribution in [2.24, 2.45) is 0 Å². The van der Waals surface area contributed by atoms with Crippen LogP contribution < -0.4 is 0 Å². The summed E-state index contributed by atoms with van der Waals surface area (Å²) in [5.74, 6) is -0.377. The SMILES string of the molecule is C[C@@H]1CN(C(=O)C(O)c2ccc(Cl)cc2)CCN1C(=O)OC(C)(C)C. The van der Waals surface area contributed by atoms with Crippen molar-refractivity contribution >= 4 is 23.6 Å². The predicted octanol–water partition coefficient (Wildman–Crippen LogP) is 2.84. The van der Waals surface area contributed by atoms with Crippen LogP contribution in [0.15, 0.2) is 24.3 Å². The number of carbonyl (C=O) groups excluding carboxylic acids is 2. The van der Waals surface area contributed by atoms with Crippen molar-refractivity contribution in [3.05, 3.63) is 34.9 Å². The third-order valence-corrected chi connectivity index (χ3v) is 4.24. The van der Waals surface area contributed by atoms with E-state index in [1.807, 2.05) is 27.7 Å². The third-order valence-electron chi connectivity index (χ3n) is 3.99. The Balaban J connectivity index is 1.98. The summed E-state index contributed by atoms with van der Waals surface area (Å²) >= 11 is 5.83. The Labute approximate surface area is 153 Å². The molecule has 6 nitrogen and oxygen atoms in total. The molecule has 0 aliphatic carbocycles. The van der Waals surface area contributed by atoms with Gasteiger partial charge in [0.1, 0.15) is 5.60 Å². The van der Waals surface area contributed by atoms with Crippen molar-refractivity contribution in [1.82, 2.24) is 9.80 Å². The summed E-state index contributed by atoms with van der Waals surface area (Å²) in [5.41, 5.74) is -0.0641. The molecule has 1 aromatic carbocycles. The zero-order valence-corrected chi connectivity index (χ0v) is 15.8. The normalized spacial score (nSPS) is 19.5. The molecule has 1 N–H and O–H groups in total. The van der Waals surface area contributed by atoms with E-state index in [1.165, 1.54) is 0 Å². The molecule has 2 amide bonds. The van der Waals surface area contributed by atoms with Crippen LogP contribution in [0.3, 0.4) is 0 Å². The largest absolute Gasteiger partial charge is 0.444 e.